The van der Waals surface area contributed by atoms with Crippen LogP contribution in [-0.4, -0.2) is 56.7 Å². The maximum absolute atomic E-state index is 12.4. The van der Waals surface area contributed by atoms with Crippen molar-refractivity contribution in [1.29, 1.82) is 0 Å². The van der Waals surface area contributed by atoms with Crippen molar-refractivity contribution in [2.45, 2.75) is 51.6 Å². The quantitative estimate of drug-likeness (QED) is 0.701. The molecule has 0 aromatic heterocycles. The Hall–Kier alpha value is -0.560. The highest BCUT2D eigenvalue weighted by Gasteiger charge is 2.43. The molecular formula is C14H26N2O3S2. The molecule has 0 aliphatic carbocycles. The third-order valence-electron chi connectivity index (χ3n) is 3.39. The molecule has 1 aliphatic heterocycles. The fraction of sp³-hybridized carbons (Fsp3) is 0.857. The highest BCUT2D eigenvalue weighted by Crippen LogP contribution is 2.34. The summed E-state index contributed by atoms with van der Waals surface area (Å²) >= 11 is 3.40. The molecule has 7 heteroatoms. The van der Waals surface area contributed by atoms with Crippen LogP contribution >= 0.6 is 23.5 Å². The molecule has 1 heterocycles. The largest absolute Gasteiger partial charge is 0.480 e. The summed E-state index contributed by atoms with van der Waals surface area (Å²) in [4.78, 5) is 25.3. The van der Waals surface area contributed by atoms with E-state index in [0.29, 0.717) is 5.75 Å². The van der Waals surface area contributed by atoms with Gasteiger partial charge in [-0.15, -0.1) is 11.8 Å². The molecule has 5 nitrogen and oxygen atoms in total. The molecular weight excluding hydrogens is 308 g/mol. The number of carbonyl (C=O) groups excluding carboxylic acids is 1. The number of amides is 2. The Morgan fingerprint density at radius 3 is 2.62 bits per heavy atom. The number of hydrogen-bond acceptors (Lipinski definition) is 4. The minimum absolute atomic E-state index is 0.0596. The van der Waals surface area contributed by atoms with E-state index in [-0.39, 0.29) is 23.4 Å². The second kappa shape index (κ2) is 8.78. The number of rotatable bonds is 7. The van der Waals surface area contributed by atoms with E-state index in [4.69, 9.17) is 0 Å². The van der Waals surface area contributed by atoms with Crippen molar-refractivity contribution in [3.05, 3.63) is 0 Å². The van der Waals surface area contributed by atoms with Crippen molar-refractivity contribution in [2.75, 3.05) is 17.3 Å². The van der Waals surface area contributed by atoms with Crippen molar-refractivity contribution in [1.82, 2.24) is 10.2 Å². The molecule has 122 valence electrons. The van der Waals surface area contributed by atoms with E-state index in [1.54, 1.807) is 11.8 Å². The van der Waals surface area contributed by atoms with Crippen LogP contribution in [0, 0.1) is 5.92 Å². The lowest BCUT2D eigenvalue weighted by molar-refractivity contribution is -0.141. The Morgan fingerprint density at radius 1 is 1.43 bits per heavy atom. The smallest absolute Gasteiger partial charge is 0.327 e. The highest BCUT2D eigenvalue weighted by molar-refractivity contribution is 8.00. The highest BCUT2D eigenvalue weighted by atomic mass is 32.2. The summed E-state index contributed by atoms with van der Waals surface area (Å²) < 4.78 is 0. The van der Waals surface area contributed by atoms with Crippen LogP contribution in [0.5, 0.6) is 0 Å². The van der Waals surface area contributed by atoms with Crippen LogP contribution in [0.15, 0.2) is 0 Å². The lowest BCUT2D eigenvalue weighted by atomic mass is 10.1. The lowest BCUT2D eigenvalue weighted by Gasteiger charge is -2.31. The first-order valence-electron chi connectivity index (χ1n) is 7.39. The van der Waals surface area contributed by atoms with Gasteiger partial charge in [0.05, 0.1) is 5.37 Å². The van der Waals surface area contributed by atoms with Crippen molar-refractivity contribution in [3.63, 3.8) is 0 Å². The second-order valence-corrected chi connectivity index (χ2v) is 8.11. The molecule has 3 unspecified atom stereocenters. The number of thioether (sulfide) groups is 2. The summed E-state index contributed by atoms with van der Waals surface area (Å²) in [7, 11) is 0. The third kappa shape index (κ3) is 5.29. The maximum Gasteiger partial charge on any atom is 0.327 e. The second-order valence-electron chi connectivity index (χ2n) is 5.57. The first-order valence-corrected chi connectivity index (χ1v) is 9.59. The summed E-state index contributed by atoms with van der Waals surface area (Å²) in [6.45, 7) is 8.12. The molecule has 0 aromatic carbocycles. The first kappa shape index (κ1) is 18.5. The minimum atomic E-state index is -0.921. The molecule has 0 spiro atoms. The molecule has 0 radical (unpaired) electrons. The van der Waals surface area contributed by atoms with Gasteiger partial charge in [0.15, 0.2) is 0 Å². The number of carboxylic acids is 1. The van der Waals surface area contributed by atoms with E-state index in [1.807, 2.05) is 32.5 Å². The summed E-state index contributed by atoms with van der Waals surface area (Å²) in [5.74, 6) is 1.85. The van der Waals surface area contributed by atoms with Gasteiger partial charge in [-0.1, -0.05) is 20.8 Å². The summed E-state index contributed by atoms with van der Waals surface area (Å²) in [6, 6.07) is -0.913. The van der Waals surface area contributed by atoms with Gasteiger partial charge in [0.1, 0.15) is 6.04 Å². The van der Waals surface area contributed by atoms with Gasteiger partial charge in [0, 0.05) is 11.8 Å². The van der Waals surface area contributed by atoms with E-state index >= 15 is 0 Å². The Bertz CT molecular complexity index is 366. The molecule has 2 N–H and O–H groups in total. The Labute approximate surface area is 135 Å². The van der Waals surface area contributed by atoms with E-state index in [1.165, 1.54) is 4.90 Å². The van der Waals surface area contributed by atoms with Gasteiger partial charge < -0.3 is 10.4 Å². The SMILES string of the molecule is CCSCCC(C)NC(=O)N1C(C(=O)O)CSC1C(C)C. The average Bonchev–Trinajstić information content (AvgIpc) is 2.83. The third-order valence-corrected chi connectivity index (χ3v) is 5.95. The Morgan fingerprint density at radius 2 is 2.10 bits per heavy atom. The van der Waals surface area contributed by atoms with Crippen LogP contribution in [0.1, 0.15) is 34.1 Å². The van der Waals surface area contributed by atoms with E-state index in [2.05, 4.69) is 12.2 Å². The number of nitrogens with zero attached hydrogens (tertiary/aromatic N) is 1. The van der Waals surface area contributed by atoms with Crippen LogP contribution in [0.2, 0.25) is 0 Å². The molecule has 0 bridgehead atoms. The topological polar surface area (TPSA) is 69.6 Å². The van der Waals surface area contributed by atoms with Crippen molar-refractivity contribution in [3.8, 4) is 0 Å². The molecule has 21 heavy (non-hydrogen) atoms. The van der Waals surface area contributed by atoms with Gasteiger partial charge in [-0.2, -0.15) is 11.8 Å². The molecule has 3 atom stereocenters. The van der Waals surface area contributed by atoms with E-state index in [9.17, 15) is 14.7 Å². The van der Waals surface area contributed by atoms with Crippen LogP contribution < -0.4 is 5.32 Å². The van der Waals surface area contributed by atoms with Gasteiger partial charge in [0.25, 0.3) is 0 Å². The van der Waals surface area contributed by atoms with Gasteiger partial charge in [0.2, 0.25) is 0 Å². The number of carboxylic acid groups (broad SMARTS) is 1. The fourth-order valence-corrected chi connectivity index (χ4v) is 4.53. The number of hydrogen-bond donors (Lipinski definition) is 2. The Balaban J connectivity index is 2.64. The monoisotopic (exact) mass is 334 g/mol. The molecule has 1 saturated heterocycles. The van der Waals surface area contributed by atoms with Crippen molar-refractivity contribution < 1.29 is 14.7 Å². The first-order chi connectivity index (χ1) is 9.88. The average molecular weight is 335 g/mol. The fourth-order valence-electron chi connectivity index (χ4n) is 2.25. The van der Waals surface area contributed by atoms with E-state index < -0.39 is 12.0 Å². The minimum Gasteiger partial charge on any atom is -0.480 e. The van der Waals surface area contributed by atoms with Crippen LogP contribution in [0.3, 0.4) is 0 Å². The van der Waals surface area contributed by atoms with Gasteiger partial charge >= 0.3 is 12.0 Å². The van der Waals surface area contributed by atoms with Crippen LogP contribution in [0.4, 0.5) is 4.79 Å². The Kier molecular flexibility index (Phi) is 7.73. The van der Waals surface area contributed by atoms with Crippen LogP contribution in [0.25, 0.3) is 0 Å². The maximum atomic E-state index is 12.4. The zero-order valence-electron chi connectivity index (χ0n) is 13.2. The summed E-state index contributed by atoms with van der Waals surface area (Å²) in [5.41, 5.74) is 0. The molecule has 1 fully saturated rings. The summed E-state index contributed by atoms with van der Waals surface area (Å²) in [6.07, 6.45) is 0.898. The number of carbonyl (C=O) groups is 2. The predicted molar refractivity (Wildman–Crippen MR) is 90.0 cm³/mol. The molecule has 0 saturated carbocycles. The number of nitrogens with one attached hydrogen (secondary N) is 1. The van der Waals surface area contributed by atoms with Gasteiger partial charge in [-0.3, -0.25) is 4.90 Å². The molecule has 1 rings (SSSR count). The van der Waals surface area contributed by atoms with Gasteiger partial charge in [-0.25, -0.2) is 9.59 Å². The molecule has 1 aliphatic rings. The predicted octanol–water partition coefficient (Wildman–Crippen LogP) is 2.71. The lowest BCUT2D eigenvalue weighted by Crippen LogP contribution is -2.53. The molecule has 0 aromatic rings. The standard InChI is InChI=1S/C14H26N2O3S2/c1-5-20-7-6-10(4)15-14(19)16-11(13(17)18)8-21-12(16)9(2)3/h9-12H,5-8H2,1-4H3,(H,15,19)(H,17,18). The van der Waals surface area contributed by atoms with Crippen molar-refractivity contribution in [2.24, 2.45) is 5.92 Å². The number of urea groups is 1. The normalized spacial score (nSPS) is 23.4. The zero-order chi connectivity index (χ0) is 16.0. The summed E-state index contributed by atoms with van der Waals surface area (Å²) in [5, 5.41) is 12.2. The van der Waals surface area contributed by atoms with Crippen LogP contribution in [-0.2, 0) is 4.79 Å². The van der Waals surface area contributed by atoms with E-state index in [0.717, 1.165) is 17.9 Å². The zero-order valence-corrected chi connectivity index (χ0v) is 14.8. The number of aliphatic carboxylic acids is 1. The van der Waals surface area contributed by atoms with Crippen molar-refractivity contribution >= 4 is 35.5 Å². The van der Waals surface area contributed by atoms with Gasteiger partial charge in [-0.05, 0) is 30.8 Å². The molecule has 2 amide bonds.